The van der Waals surface area contributed by atoms with Crippen LogP contribution in [0.25, 0.3) is 16.7 Å². The molecule has 3 aromatic rings. The van der Waals surface area contributed by atoms with E-state index in [-0.39, 0.29) is 23.7 Å². The van der Waals surface area contributed by atoms with E-state index >= 15 is 0 Å². The number of amides is 1. The van der Waals surface area contributed by atoms with Crippen LogP contribution in [0.2, 0.25) is 0 Å². The molecule has 40 heavy (non-hydrogen) atoms. The van der Waals surface area contributed by atoms with Crippen LogP contribution in [-0.2, 0) is 11.0 Å². The SMILES string of the molecule is CC(C)N1CCN(C2CN(c3nc(NC4CC(C)(O)C4)nc4c3cnn4-c3cccc(C(F)(F)F)c3)C2)C(=O)C1. The molecule has 0 unspecified atom stereocenters. The predicted molar refractivity (Wildman–Crippen MR) is 143 cm³/mol. The number of hydrogen-bond acceptors (Lipinski definition) is 8. The Morgan fingerprint density at radius 1 is 1.15 bits per heavy atom. The summed E-state index contributed by atoms with van der Waals surface area (Å²) in [6.07, 6.45) is -1.85. The van der Waals surface area contributed by atoms with Gasteiger partial charge >= 0.3 is 6.18 Å². The second kappa shape index (κ2) is 9.58. The summed E-state index contributed by atoms with van der Waals surface area (Å²) in [5, 5.41) is 18.4. The molecule has 1 aliphatic carbocycles. The van der Waals surface area contributed by atoms with Crippen molar-refractivity contribution in [3.63, 3.8) is 0 Å². The first-order valence-electron chi connectivity index (χ1n) is 13.6. The first-order valence-corrected chi connectivity index (χ1v) is 13.6. The minimum absolute atomic E-state index is 0.0238. The third kappa shape index (κ3) is 4.96. The number of hydrogen-bond donors (Lipinski definition) is 2. The van der Waals surface area contributed by atoms with Crippen LogP contribution in [0.15, 0.2) is 30.5 Å². The van der Waals surface area contributed by atoms with E-state index in [0.717, 1.165) is 18.7 Å². The van der Waals surface area contributed by atoms with E-state index in [1.165, 1.54) is 10.7 Å². The largest absolute Gasteiger partial charge is 0.416 e. The zero-order valence-corrected chi connectivity index (χ0v) is 22.7. The number of nitrogens with zero attached hydrogens (tertiary/aromatic N) is 7. The van der Waals surface area contributed by atoms with E-state index in [2.05, 4.69) is 39.0 Å². The van der Waals surface area contributed by atoms with E-state index in [4.69, 9.17) is 4.98 Å². The average Bonchev–Trinajstić information content (AvgIpc) is 3.26. The number of anilines is 2. The van der Waals surface area contributed by atoms with Gasteiger partial charge in [-0.15, -0.1) is 0 Å². The summed E-state index contributed by atoms with van der Waals surface area (Å²) in [7, 11) is 0. The molecule has 2 aromatic heterocycles. The van der Waals surface area contributed by atoms with Gasteiger partial charge in [-0.2, -0.15) is 28.2 Å². The lowest BCUT2D eigenvalue weighted by molar-refractivity contribution is -0.140. The van der Waals surface area contributed by atoms with Crippen LogP contribution in [0.3, 0.4) is 0 Å². The van der Waals surface area contributed by atoms with Crippen LogP contribution in [0, 0.1) is 0 Å². The number of halogens is 3. The number of carbonyl (C=O) groups excluding carboxylic acids is 1. The highest BCUT2D eigenvalue weighted by Gasteiger charge is 2.41. The minimum atomic E-state index is -4.49. The molecule has 0 spiro atoms. The van der Waals surface area contributed by atoms with Gasteiger partial charge in [0.15, 0.2) is 5.65 Å². The maximum Gasteiger partial charge on any atom is 0.416 e. The number of fused-ring (bicyclic) bond motifs is 1. The number of aromatic nitrogens is 4. The molecule has 10 nitrogen and oxygen atoms in total. The predicted octanol–water partition coefficient (Wildman–Crippen LogP) is 2.90. The second-order valence-electron chi connectivity index (χ2n) is 11.7. The summed E-state index contributed by atoms with van der Waals surface area (Å²) in [5.41, 5.74) is -0.905. The summed E-state index contributed by atoms with van der Waals surface area (Å²) < 4.78 is 41.6. The van der Waals surface area contributed by atoms with Crippen LogP contribution in [0.5, 0.6) is 0 Å². The van der Waals surface area contributed by atoms with Gasteiger partial charge in [0.1, 0.15) is 5.82 Å². The molecule has 0 radical (unpaired) electrons. The highest BCUT2D eigenvalue weighted by atomic mass is 19.4. The summed E-state index contributed by atoms with van der Waals surface area (Å²) in [4.78, 5) is 28.4. The number of benzene rings is 1. The van der Waals surface area contributed by atoms with Crippen molar-refractivity contribution >= 4 is 28.7 Å². The molecule has 214 valence electrons. The van der Waals surface area contributed by atoms with Crippen LogP contribution in [0.4, 0.5) is 24.9 Å². The van der Waals surface area contributed by atoms with Gasteiger partial charge in [-0.05, 0) is 51.8 Å². The lowest BCUT2D eigenvalue weighted by Crippen LogP contribution is -2.65. The van der Waals surface area contributed by atoms with Gasteiger partial charge in [-0.3, -0.25) is 9.69 Å². The molecule has 6 rings (SSSR count). The zero-order chi connectivity index (χ0) is 28.4. The molecule has 2 aliphatic heterocycles. The maximum atomic E-state index is 13.4. The molecular weight excluding hydrogens is 525 g/mol. The fraction of sp³-hybridized carbons (Fsp3) is 0.556. The molecule has 3 aliphatic rings. The van der Waals surface area contributed by atoms with Crippen molar-refractivity contribution in [1.82, 2.24) is 29.5 Å². The van der Waals surface area contributed by atoms with E-state index in [1.54, 1.807) is 19.2 Å². The van der Waals surface area contributed by atoms with Crippen LogP contribution in [0.1, 0.15) is 39.2 Å². The molecule has 2 N–H and O–H groups in total. The van der Waals surface area contributed by atoms with Crippen LogP contribution in [-0.4, -0.2) is 97.0 Å². The van der Waals surface area contributed by atoms with Gasteiger partial charge in [-0.1, -0.05) is 6.07 Å². The number of alkyl halides is 3. The highest BCUT2D eigenvalue weighted by molar-refractivity contribution is 5.90. The smallest absolute Gasteiger partial charge is 0.390 e. The first kappa shape index (κ1) is 26.8. The lowest BCUT2D eigenvalue weighted by atomic mass is 9.77. The Kier molecular flexibility index (Phi) is 6.41. The van der Waals surface area contributed by atoms with E-state index in [1.807, 2.05) is 4.90 Å². The van der Waals surface area contributed by atoms with E-state index < -0.39 is 17.3 Å². The van der Waals surface area contributed by atoms with Crippen molar-refractivity contribution in [3.05, 3.63) is 36.0 Å². The highest BCUT2D eigenvalue weighted by Crippen LogP contribution is 2.36. The third-order valence-electron chi connectivity index (χ3n) is 8.15. The summed E-state index contributed by atoms with van der Waals surface area (Å²) in [6.45, 7) is 9.05. The average molecular weight is 559 g/mol. The first-order chi connectivity index (χ1) is 18.9. The summed E-state index contributed by atoms with van der Waals surface area (Å²) >= 11 is 0. The zero-order valence-electron chi connectivity index (χ0n) is 22.7. The van der Waals surface area contributed by atoms with Crippen molar-refractivity contribution in [2.75, 3.05) is 42.9 Å². The normalized spacial score (nSPS) is 24.5. The molecular formula is C27H33F3N8O2. The Morgan fingerprint density at radius 3 is 2.55 bits per heavy atom. The van der Waals surface area contributed by atoms with Gasteiger partial charge in [-0.25, -0.2) is 4.68 Å². The standard InChI is InChI=1S/C27H33F3N8O2/c1-16(2)35-7-8-37(22(39)15-35)20-13-36(14-20)23-21-12-31-38(19-6-4-5-17(9-19)27(28,29)30)24(21)34-25(33-23)32-18-10-26(3,40)11-18/h4-6,9,12,16,18,20,40H,7-8,10-11,13-15H2,1-3H3,(H,32,33,34). The molecule has 13 heteroatoms. The quantitative estimate of drug-likeness (QED) is 0.476. The Bertz CT molecular complexity index is 1420. The van der Waals surface area contributed by atoms with Crippen LogP contribution < -0.4 is 10.2 Å². The van der Waals surface area contributed by atoms with Gasteiger partial charge in [0.2, 0.25) is 11.9 Å². The van der Waals surface area contributed by atoms with Crippen molar-refractivity contribution in [3.8, 4) is 5.69 Å². The van der Waals surface area contributed by atoms with E-state index in [9.17, 15) is 23.1 Å². The Morgan fingerprint density at radius 2 is 1.90 bits per heavy atom. The molecule has 1 aromatic carbocycles. The molecule has 0 atom stereocenters. The van der Waals surface area contributed by atoms with Crippen molar-refractivity contribution in [2.24, 2.45) is 0 Å². The number of nitrogens with one attached hydrogen (secondary N) is 1. The molecule has 4 heterocycles. The van der Waals surface area contributed by atoms with Gasteiger partial charge in [0.05, 0.1) is 41.0 Å². The number of carbonyl (C=O) groups is 1. The molecule has 1 amide bonds. The van der Waals surface area contributed by atoms with Crippen molar-refractivity contribution < 1.29 is 23.1 Å². The second-order valence-corrected chi connectivity index (χ2v) is 11.7. The fourth-order valence-electron chi connectivity index (χ4n) is 5.85. The molecule has 1 saturated carbocycles. The van der Waals surface area contributed by atoms with Gasteiger partial charge in [0, 0.05) is 38.3 Å². The fourth-order valence-corrected chi connectivity index (χ4v) is 5.85. The summed E-state index contributed by atoms with van der Waals surface area (Å²) in [5.74, 6) is 1.05. The molecule has 3 fully saturated rings. The number of rotatable bonds is 6. The van der Waals surface area contributed by atoms with Gasteiger partial charge < -0.3 is 20.2 Å². The minimum Gasteiger partial charge on any atom is -0.390 e. The Hall–Kier alpha value is -3.45. The lowest BCUT2D eigenvalue weighted by Gasteiger charge is -2.49. The molecule has 0 bridgehead atoms. The monoisotopic (exact) mass is 558 g/mol. The van der Waals surface area contributed by atoms with Crippen molar-refractivity contribution in [1.29, 1.82) is 0 Å². The van der Waals surface area contributed by atoms with Crippen LogP contribution >= 0.6 is 0 Å². The number of aliphatic hydroxyl groups is 1. The van der Waals surface area contributed by atoms with Crippen molar-refractivity contribution in [2.45, 2.75) is 63.5 Å². The van der Waals surface area contributed by atoms with E-state index in [0.29, 0.717) is 67.9 Å². The Balaban J connectivity index is 1.29. The third-order valence-corrected chi connectivity index (χ3v) is 8.15. The number of piperazine rings is 1. The van der Waals surface area contributed by atoms with Gasteiger partial charge in [0.25, 0.3) is 0 Å². The maximum absolute atomic E-state index is 13.4. The molecule has 2 saturated heterocycles. The Labute approximate surface area is 229 Å². The summed E-state index contributed by atoms with van der Waals surface area (Å²) in [6, 6.07) is 5.33. The topological polar surface area (TPSA) is 103 Å².